The molecule has 0 unspecified atom stereocenters. The van der Waals surface area contributed by atoms with E-state index in [2.05, 4.69) is 10.6 Å². The van der Waals surface area contributed by atoms with Crippen molar-refractivity contribution in [3.05, 3.63) is 64.2 Å². The molecule has 27 heavy (non-hydrogen) atoms. The summed E-state index contributed by atoms with van der Waals surface area (Å²) in [5.74, 6) is -0.861. The fourth-order valence-electron chi connectivity index (χ4n) is 3.21. The smallest absolute Gasteiger partial charge is 0.253 e. The van der Waals surface area contributed by atoms with Crippen molar-refractivity contribution < 1.29 is 19.5 Å². The summed E-state index contributed by atoms with van der Waals surface area (Å²) in [5.41, 5.74) is 1.73. The number of ketones is 2. The van der Waals surface area contributed by atoms with Crippen LogP contribution in [-0.4, -0.2) is 42.3 Å². The van der Waals surface area contributed by atoms with Gasteiger partial charge in [-0.15, -0.1) is 0 Å². The molecule has 3 N–H and O–H groups in total. The molecule has 0 fully saturated rings. The van der Waals surface area contributed by atoms with Gasteiger partial charge in [0.25, 0.3) is 5.91 Å². The van der Waals surface area contributed by atoms with E-state index in [-0.39, 0.29) is 41.8 Å². The fourth-order valence-corrected chi connectivity index (χ4v) is 3.21. The largest absolute Gasteiger partial charge is 0.395 e. The third-order valence-corrected chi connectivity index (χ3v) is 4.57. The molecule has 6 heteroatoms. The number of unbranched alkanes of at least 4 members (excludes halogenated alkanes) is 1. The van der Waals surface area contributed by atoms with Crippen molar-refractivity contribution in [2.45, 2.75) is 19.8 Å². The van der Waals surface area contributed by atoms with Gasteiger partial charge in [-0.25, -0.2) is 0 Å². The Balaban J connectivity index is 2.10. The summed E-state index contributed by atoms with van der Waals surface area (Å²) in [6, 6.07) is 9.75. The molecule has 0 aromatic heterocycles. The van der Waals surface area contributed by atoms with Crippen LogP contribution in [0.1, 0.15) is 62.0 Å². The van der Waals surface area contributed by atoms with Crippen LogP contribution in [0.3, 0.4) is 0 Å². The van der Waals surface area contributed by atoms with Gasteiger partial charge in [0.1, 0.15) is 0 Å². The van der Waals surface area contributed by atoms with E-state index in [1.807, 2.05) is 6.92 Å². The lowest BCUT2D eigenvalue weighted by molar-refractivity contribution is 0.0951. The van der Waals surface area contributed by atoms with Gasteiger partial charge in [-0.05, 0) is 18.6 Å². The van der Waals surface area contributed by atoms with Crippen molar-refractivity contribution in [1.29, 1.82) is 0 Å². The van der Waals surface area contributed by atoms with E-state index >= 15 is 0 Å². The van der Waals surface area contributed by atoms with Gasteiger partial charge in [0.2, 0.25) is 0 Å². The fraction of sp³-hybridized carbons (Fsp3) is 0.286. The molecular formula is C21H22N2O4. The number of nitrogens with one attached hydrogen (secondary N) is 2. The van der Waals surface area contributed by atoms with Crippen LogP contribution in [0, 0.1) is 0 Å². The van der Waals surface area contributed by atoms with Crippen molar-refractivity contribution in [3.8, 4) is 0 Å². The van der Waals surface area contributed by atoms with E-state index in [1.165, 1.54) is 6.07 Å². The molecule has 0 atom stereocenters. The maximum absolute atomic E-state index is 13.1. The van der Waals surface area contributed by atoms with Crippen molar-refractivity contribution in [1.82, 2.24) is 5.32 Å². The Labute approximate surface area is 157 Å². The Morgan fingerprint density at radius 3 is 2.33 bits per heavy atom. The van der Waals surface area contributed by atoms with E-state index in [0.717, 1.165) is 12.8 Å². The summed E-state index contributed by atoms with van der Waals surface area (Å²) in [6.45, 7) is 2.55. The molecule has 140 valence electrons. The number of anilines is 1. The second-order valence-electron chi connectivity index (χ2n) is 6.37. The molecule has 2 aromatic rings. The molecule has 0 saturated heterocycles. The lowest BCUT2D eigenvalue weighted by Crippen LogP contribution is -2.29. The number of hydrogen-bond acceptors (Lipinski definition) is 5. The predicted molar refractivity (Wildman–Crippen MR) is 103 cm³/mol. The monoisotopic (exact) mass is 366 g/mol. The molecule has 0 spiro atoms. The van der Waals surface area contributed by atoms with Crippen LogP contribution in [0.15, 0.2) is 36.4 Å². The highest BCUT2D eigenvalue weighted by Gasteiger charge is 2.33. The molecule has 1 aliphatic carbocycles. The van der Waals surface area contributed by atoms with Crippen LogP contribution in [0.25, 0.3) is 0 Å². The van der Waals surface area contributed by atoms with Gasteiger partial charge in [-0.2, -0.15) is 0 Å². The summed E-state index contributed by atoms with van der Waals surface area (Å²) in [7, 11) is 0. The number of amides is 1. The van der Waals surface area contributed by atoms with Crippen LogP contribution in [0.4, 0.5) is 5.69 Å². The highest BCUT2D eigenvalue weighted by atomic mass is 16.3. The molecule has 6 nitrogen and oxygen atoms in total. The maximum Gasteiger partial charge on any atom is 0.253 e. The minimum Gasteiger partial charge on any atom is -0.395 e. The number of rotatable bonds is 7. The number of fused-ring (bicyclic) bond motifs is 2. The SMILES string of the molecule is CCCCNC(=O)c1ccc2c(c1NCCO)C(=O)c1ccccc1C2=O. The first-order valence-corrected chi connectivity index (χ1v) is 9.08. The van der Waals surface area contributed by atoms with E-state index in [4.69, 9.17) is 0 Å². The average Bonchev–Trinajstić information content (AvgIpc) is 2.69. The topological polar surface area (TPSA) is 95.5 Å². The summed E-state index contributed by atoms with van der Waals surface area (Å²) in [5, 5.41) is 15.0. The lowest BCUT2D eigenvalue weighted by Gasteiger charge is -2.22. The molecule has 0 saturated carbocycles. The normalized spacial score (nSPS) is 12.4. The average molecular weight is 366 g/mol. The molecule has 0 bridgehead atoms. The number of carbonyl (C=O) groups is 3. The van der Waals surface area contributed by atoms with Crippen LogP contribution < -0.4 is 10.6 Å². The first-order valence-electron chi connectivity index (χ1n) is 9.08. The Morgan fingerprint density at radius 1 is 0.963 bits per heavy atom. The molecule has 0 heterocycles. The zero-order chi connectivity index (χ0) is 19.4. The van der Waals surface area contributed by atoms with Crippen LogP contribution in [0.2, 0.25) is 0 Å². The number of benzene rings is 2. The van der Waals surface area contributed by atoms with E-state index in [1.54, 1.807) is 30.3 Å². The number of hydrogen-bond donors (Lipinski definition) is 3. The molecule has 1 aliphatic rings. The van der Waals surface area contributed by atoms with Crippen LogP contribution in [0.5, 0.6) is 0 Å². The first kappa shape index (κ1) is 18.8. The standard InChI is InChI=1S/C21H22N2O4/c1-2-3-10-23-21(27)16-9-8-15-17(18(16)22-11-12-24)20(26)14-7-5-4-6-13(14)19(15)25/h4-9,22,24H,2-3,10-12H2,1H3,(H,23,27). The summed E-state index contributed by atoms with van der Waals surface area (Å²) in [4.78, 5) is 38.5. The molecule has 0 radical (unpaired) electrons. The van der Waals surface area contributed by atoms with Crippen LogP contribution >= 0.6 is 0 Å². The molecule has 2 aromatic carbocycles. The number of aliphatic hydroxyl groups excluding tert-OH is 1. The minimum atomic E-state index is -0.314. The van der Waals surface area contributed by atoms with E-state index in [0.29, 0.717) is 28.9 Å². The van der Waals surface area contributed by atoms with Crippen molar-refractivity contribution in [2.24, 2.45) is 0 Å². The zero-order valence-electron chi connectivity index (χ0n) is 15.2. The van der Waals surface area contributed by atoms with Gasteiger partial charge in [-0.1, -0.05) is 37.6 Å². The first-order chi connectivity index (χ1) is 13.1. The predicted octanol–water partition coefficient (Wildman–Crippen LogP) is 2.40. The van der Waals surface area contributed by atoms with Gasteiger partial charge >= 0.3 is 0 Å². The summed E-state index contributed by atoms with van der Waals surface area (Å²) < 4.78 is 0. The molecular weight excluding hydrogens is 344 g/mol. The molecule has 3 rings (SSSR count). The molecule has 0 aliphatic heterocycles. The van der Waals surface area contributed by atoms with Gasteiger partial charge < -0.3 is 15.7 Å². The third-order valence-electron chi connectivity index (χ3n) is 4.57. The Bertz CT molecular complexity index is 905. The Morgan fingerprint density at radius 2 is 1.67 bits per heavy atom. The van der Waals surface area contributed by atoms with Gasteiger partial charge in [0.05, 0.1) is 23.4 Å². The third kappa shape index (κ3) is 3.48. The van der Waals surface area contributed by atoms with Crippen molar-refractivity contribution in [3.63, 3.8) is 0 Å². The van der Waals surface area contributed by atoms with Gasteiger partial charge in [0, 0.05) is 29.8 Å². The van der Waals surface area contributed by atoms with Gasteiger partial charge in [0.15, 0.2) is 11.6 Å². The zero-order valence-corrected chi connectivity index (χ0v) is 15.2. The van der Waals surface area contributed by atoms with Gasteiger partial charge in [-0.3, -0.25) is 14.4 Å². The Hall–Kier alpha value is -2.99. The Kier molecular flexibility index (Phi) is 5.66. The summed E-state index contributed by atoms with van der Waals surface area (Å²) >= 11 is 0. The number of aliphatic hydroxyl groups is 1. The van der Waals surface area contributed by atoms with E-state index in [9.17, 15) is 19.5 Å². The maximum atomic E-state index is 13.1. The molecule has 1 amide bonds. The second kappa shape index (κ2) is 8.14. The lowest BCUT2D eigenvalue weighted by atomic mass is 9.82. The quantitative estimate of drug-likeness (QED) is 0.558. The minimum absolute atomic E-state index is 0.162. The summed E-state index contributed by atoms with van der Waals surface area (Å²) in [6.07, 6.45) is 1.80. The van der Waals surface area contributed by atoms with Crippen molar-refractivity contribution in [2.75, 3.05) is 25.0 Å². The second-order valence-corrected chi connectivity index (χ2v) is 6.37. The van der Waals surface area contributed by atoms with Crippen molar-refractivity contribution >= 4 is 23.2 Å². The highest BCUT2D eigenvalue weighted by molar-refractivity contribution is 6.31. The highest BCUT2D eigenvalue weighted by Crippen LogP contribution is 2.34. The number of carbonyl (C=O) groups excluding carboxylic acids is 3. The van der Waals surface area contributed by atoms with E-state index < -0.39 is 0 Å². The van der Waals surface area contributed by atoms with Crippen LogP contribution in [-0.2, 0) is 0 Å².